The number of aromatic nitrogens is 1. The first-order valence-corrected chi connectivity index (χ1v) is 7.17. The van der Waals surface area contributed by atoms with Gasteiger partial charge in [0.1, 0.15) is 0 Å². The Balaban J connectivity index is 1.88. The number of nitrogens with zero attached hydrogens (tertiary/aromatic N) is 2. The number of anilines is 1. The van der Waals surface area contributed by atoms with Gasteiger partial charge >= 0.3 is 5.97 Å². The van der Waals surface area contributed by atoms with Gasteiger partial charge in [-0.25, -0.2) is 4.79 Å². The monoisotopic (exact) mass is 282 g/mol. The van der Waals surface area contributed by atoms with E-state index in [-0.39, 0.29) is 0 Å². The van der Waals surface area contributed by atoms with Gasteiger partial charge in [0.2, 0.25) is 0 Å². The number of rotatable bonds is 3. The zero-order valence-electron chi connectivity index (χ0n) is 12.0. The van der Waals surface area contributed by atoms with Crippen molar-refractivity contribution < 1.29 is 9.90 Å². The molecule has 0 amide bonds. The zero-order valence-corrected chi connectivity index (χ0v) is 12.0. The van der Waals surface area contributed by atoms with Crippen molar-refractivity contribution in [2.45, 2.75) is 26.3 Å². The van der Waals surface area contributed by atoms with Crippen molar-refractivity contribution in [1.29, 1.82) is 0 Å². The highest BCUT2D eigenvalue weighted by molar-refractivity contribution is 5.88. The summed E-state index contributed by atoms with van der Waals surface area (Å²) in [5.74, 6) is -0.865. The lowest BCUT2D eigenvalue weighted by Crippen LogP contribution is -2.29. The van der Waals surface area contributed by atoms with Crippen LogP contribution in [0.25, 0.3) is 0 Å². The van der Waals surface area contributed by atoms with E-state index in [0.29, 0.717) is 5.56 Å². The summed E-state index contributed by atoms with van der Waals surface area (Å²) >= 11 is 0. The molecule has 0 saturated carbocycles. The number of benzene rings is 1. The maximum Gasteiger partial charge on any atom is 0.335 e. The molecule has 1 aliphatic heterocycles. The predicted octanol–water partition coefficient (Wildman–Crippen LogP) is 3.04. The minimum absolute atomic E-state index is 0.365. The van der Waals surface area contributed by atoms with E-state index in [1.54, 1.807) is 12.1 Å². The predicted molar refractivity (Wildman–Crippen MR) is 81.7 cm³/mol. The van der Waals surface area contributed by atoms with E-state index < -0.39 is 5.97 Å². The molecule has 0 spiro atoms. The maximum absolute atomic E-state index is 11.1. The molecule has 1 aromatic heterocycles. The summed E-state index contributed by atoms with van der Waals surface area (Å²) in [6.07, 6.45) is 1.98. The van der Waals surface area contributed by atoms with Crippen LogP contribution >= 0.6 is 0 Å². The summed E-state index contributed by atoms with van der Waals surface area (Å²) in [6.45, 7) is 3.74. The summed E-state index contributed by atoms with van der Waals surface area (Å²) in [5.41, 5.74) is 4.68. The van der Waals surface area contributed by atoms with E-state index in [0.717, 1.165) is 48.6 Å². The van der Waals surface area contributed by atoms with Crippen molar-refractivity contribution in [2.24, 2.45) is 0 Å². The number of pyridine rings is 1. The third-order valence-electron chi connectivity index (χ3n) is 3.84. The fraction of sp³-hybridized carbons (Fsp3) is 0.294. The number of hydrogen-bond acceptors (Lipinski definition) is 3. The molecule has 0 saturated heterocycles. The van der Waals surface area contributed by atoms with Gasteiger partial charge in [-0.05, 0) is 55.7 Å². The van der Waals surface area contributed by atoms with Gasteiger partial charge < -0.3 is 10.0 Å². The van der Waals surface area contributed by atoms with Crippen molar-refractivity contribution in [3.63, 3.8) is 0 Å². The molecule has 0 fully saturated rings. The Bertz CT molecular complexity index is 682. The second-order valence-corrected chi connectivity index (χ2v) is 5.44. The lowest BCUT2D eigenvalue weighted by Gasteiger charge is -2.31. The van der Waals surface area contributed by atoms with Crippen LogP contribution < -0.4 is 4.90 Å². The summed E-state index contributed by atoms with van der Waals surface area (Å²) in [6, 6.07) is 11.5. The number of carbonyl (C=O) groups is 1. The van der Waals surface area contributed by atoms with E-state index in [1.807, 2.05) is 31.2 Å². The molecule has 4 nitrogen and oxygen atoms in total. The largest absolute Gasteiger partial charge is 0.478 e. The van der Waals surface area contributed by atoms with Crippen LogP contribution in [0.3, 0.4) is 0 Å². The molecular formula is C17H18N2O2. The lowest BCUT2D eigenvalue weighted by molar-refractivity contribution is 0.0697. The van der Waals surface area contributed by atoms with E-state index in [2.05, 4.69) is 9.88 Å². The van der Waals surface area contributed by atoms with E-state index in [9.17, 15) is 4.79 Å². The number of carboxylic acid groups (broad SMARTS) is 1. The molecule has 0 unspecified atom stereocenters. The molecular weight excluding hydrogens is 264 g/mol. The first-order chi connectivity index (χ1) is 10.1. The smallest absolute Gasteiger partial charge is 0.335 e. The van der Waals surface area contributed by atoms with Crippen molar-refractivity contribution >= 4 is 11.7 Å². The van der Waals surface area contributed by atoms with Gasteiger partial charge in [0.25, 0.3) is 0 Å². The van der Waals surface area contributed by atoms with E-state index >= 15 is 0 Å². The first kappa shape index (κ1) is 13.6. The SMILES string of the molecule is Cc1cccc(CN2CCCc3cc(C(=O)O)ccc32)n1. The molecule has 0 bridgehead atoms. The number of hydrogen-bond donors (Lipinski definition) is 1. The highest BCUT2D eigenvalue weighted by Crippen LogP contribution is 2.29. The van der Waals surface area contributed by atoms with Crippen LogP contribution in [0.5, 0.6) is 0 Å². The zero-order chi connectivity index (χ0) is 14.8. The summed E-state index contributed by atoms with van der Waals surface area (Å²) in [7, 11) is 0. The lowest BCUT2D eigenvalue weighted by atomic mass is 9.99. The number of aromatic carboxylic acids is 1. The Kier molecular flexibility index (Phi) is 3.60. The fourth-order valence-corrected chi connectivity index (χ4v) is 2.86. The molecule has 108 valence electrons. The average molecular weight is 282 g/mol. The van der Waals surface area contributed by atoms with Gasteiger partial charge in [0.05, 0.1) is 17.8 Å². The quantitative estimate of drug-likeness (QED) is 0.940. The van der Waals surface area contributed by atoms with Gasteiger partial charge in [-0.1, -0.05) is 6.07 Å². The molecule has 4 heteroatoms. The molecule has 2 aromatic rings. The molecule has 1 aliphatic rings. The van der Waals surface area contributed by atoms with Gasteiger partial charge in [0, 0.05) is 17.9 Å². The number of aryl methyl sites for hydroxylation is 2. The Morgan fingerprint density at radius 1 is 1.33 bits per heavy atom. The highest BCUT2D eigenvalue weighted by Gasteiger charge is 2.19. The molecule has 0 radical (unpaired) electrons. The minimum Gasteiger partial charge on any atom is -0.478 e. The maximum atomic E-state index is 11.1. The Morgan fingerprint density at radius 3 is 2.95 bits per heavy atom. The van der Waals surface area contributed by atoms with Crippen molar-refractivity contribution in [1.82, 2.24) is 4.98 Å². The third kappa shape index (κ3) is 2.89. The highest BCUT2D eigenvalue weighted by atomic mass is 16.4. The van der Waals surface area contributed by atoms with Gasteiger partial charge in [-0.3, -0.25) is 4.98 Å². The van der Waals surface area contributed by atoms with Gasteiger partial charge in [0.15, 0.2) is 0 Å². The molecule has 0 aliphatic carbocycles. The van der Waals surface area contributed by atoms with E-state index in [1.165, 1.54) is 0 Å². The average Bonchev–Trinajstić information content (AvgIpc) is 2.47. The van der Waals surface area contributed by atoms with Crippen LogP contribution in [0.4, 0.5) is 5.69 Å². The summed E-state index contributed by atoms with van der Waals surface area (Å²) < 4.78 is 0. The number of carboxylic acids is 1. The van der Waals surface area contributed by atoms with Gasteiger partial charge in [-0.2, -0.15) is 0 Å². The van der Waals surface area contributed by atoms with Gasteiger partial charge in [-0.15, -0.1) is 0 Å². The van der Waals surface area contributed by atoms with Crippen LogP contribution in [-0.2, 0) is 13.0 Å². The minimum atomic E-state index is -0.865. The normalized spacial score (nSPS) is 13.9. The molecule has 21 heavy (non-hydrogen) atoms. The Hall–Kier alpha value is -2.36. The molecule has 3 rings (SSSR count). The Morgan fingerprint density at radius 2 is 2.19 bits per heavy atom. The second-order valence-electron chi connectivity index (χ2n) is 5.44. The van der Waals surface area contributed by atoms with E-state index in [4.69, 9.17) is 5.11 Å². The summed E-state index contributed by atoms with van der Waals surface area (Å²) in [4.78, 5) is 17.9. The van der Waals surface area contributed by atoms with Crippen LogP contribution in [0.15, 0.2) is 36.4 Å². The standard InChI is InChI=1S/C17H18N2O2/c1-12-4-2-6-15(18-12)11-19-9-3-5-13-10-14(17(20)21)7-8-16(13)19/h2,4,6-8,10H,3,5,9,11H2,1H3,(H,20,21). The van der Waals surface area contributed by atoms with Crippen LogP contribution in [0, 0.1) is 6.92 Å². The van der Waals surface area contributed by atoms with Crippen LogP contribution in [-0.4, -0.2) is 22.6 Å². The Labute approximate surface area is 124 Å². The molecule has 0 atom stereocenters. The van der Waals surface area contributed by atoms with Crippen LogP contribution in [0.2, 0.25) is 0 Å². The molecule has 1 N–H and O–H groups in total. The van der Waals surface area contributed by atoms with Crippen molar-refractivity contribution in [3.05, 3.63) is 58.9 Å². The topological polar surface area (TPSA) is 53.4 Å². The van der Waals surface area contributed by atoms with Crippen molar-refractivity contribution in [2.75, 3.05) is 11.4 Å². The molecule has 2 heterocycles. The molecule has 1 aromatic carbocycles. The fourth-order valence-electron chi connectivity index (χ4n) is 2.86. The third-order valence-corrected chi connectivity index (χ3v) is 3.84. The van der Waals surface area contributed by atoms with Crippen molar-refractivity contribution in [3.8, 4) is 0 Å². The summed E-state index contributed by atoms with van der Waals surface area (Å²) in [5, 5.41) is 9.09. The first-order valence-electron chi connectivity index (χ1n) is 7.17. The second kappa shape index (κ2) is 5.56. The number of fused-ring (bicyclic) bond motifs is 1. The van der Waals surface area contributed by atoms with Crippen LogP contribution in [0.1, 0.15) is 33.7 Å².